The number of halogens is 1. The molecule has 2 atom stereocenters. The Bertz CT molecular complexity index is 777. The first-order chi connectivity index (χ1) is 12.0. The van der Waals surface area contributed by atoms with Crippen molar-refractivity contribution >= 4 is 17.6 Å². The van der Waals surface area contributed by atoms with E-state index in [0.29, 0.717) is 17.2 Å². The first-order valence-electron chi connectivity index (χ1n) is 7.68. The maximum atomic E-state index is 12.9. The fourth-order valence-corrected chi connectivity index (χ4v) is 2.22. The average molecular weight is 345 g/mol. The summed E-state index contributed by atoms with van der Waals surface area (Å²) in [7, 11) is 0. The monoisotopic (exact) mass is 345 g/mol. The van der Waals surface area contributed by atoms with Gasteiger partial charge in [0.15, 0.2) is 17.6 Å². The molecule has 0 fully saturated rings. The van der Waals surface area contributed by atoms with E-state index in [1.807, 2.05) is 0 Å². The number of para-hydroxylation sites is 2. The van der Waals surface area contributed by atoms with Crippen LogP contribution in [0.1, 0.15) is 6.92 Å². The summed E-state index contributed by atoms with van der Waals surface area (Å²) in [5, 5.41) is 2.54. The van der Waals surface area contributed by atoms with Crippen molar-refractivity contribution in [1.29, 1.82) is 0 Å². The molecule has 2 aromatic carbocycles. The highest BCUT2D eigenvalue weighted by molar-refractivity contribution is 5.95. The largest absolute Gasteiger partial charge is 0.485 e. The lowest BCUT2D eigenvalue weighted by Gasteiger charge is -2.25. The normalized spacial score (nSPS) is 16.6. The maximum absolute atomic E-state index is 12.9. The molecule has 1 amide bonds. The quantitative estimate of drug-likeness (QED) is 0.862. The van der Waals surface area contributed by atoms with Gasteiger partial charge < -0.3 is 19.5 Å². The van der Waals surface area contributed by atoms with Gasteiger partial charge >= 0.3 is 5.97 Å². The van der Waals surface area contributed by atoms with Gasteiger partial charge in [0, 0.05) is 5.69 Å². The summed E-state index contributed by atoms with van der Waals surface area (Å²) in [6.07, 6.45) is -1.99. The number of fused-ring (bicyclic) bond motifs is 1. The molecule has 1 heterocycles. The number of esters is 1. The van der Waals surface area contributed by atoms with Crippen molar-refractivity contribution < 1.29 is 28.2 Å². The first-order valence-corrected chi connectivity index (χ1v) is 7.68. The fraction of sp³-hybridized carbons (Fsp3) is 0.222. The Labute approximate surface area is 143 Å². The average Bonchev–Trinajstić information content (AvgIpc) is 2.63. The SMILES string of the molecule is C[C@H](OC(=O)[C@@H]1COc2ccccc2O1)C(=O)Nc1ccc(F)cc1. The number of nitrogens with one attached hydrogen (secondary N) is 1. The van der Waals surface area contributed by atoms with Gasteiger partial charge in [-0.3, -0.25) is 4.79 Å². The molecule has 0 bridgehead atoms. The van der Waals surface area contributed by atoms with Gasteiger partial charge in [0.25, 0.3) is 5.91 Å². The van der Waals surface area contributed by atoms with Gasteiger partial charge in [-0.2, -0.15) is 0 Å². The molecule has 0 saturated heterocycles. The maximum Gasteiger partial charge on any atom is 0.351 e. The Hall–Kier alpha value is -3.09. The topological polar surface area (TPSA) is 73.9 Å². The predicted molar refractivity (Wildman–Crippen MR) is 86.9 cm³/mol. The Kier molecular flexibility index (Phi) is 4.83. The van der Waals surface area contributed by atoms with Crippen molar-refractivity contribution in [3.63, 3.8) is 0 Å². The Balaban J connectivity index is 1.55. The molecule has 3 rings (SSSR count). The minimum atomic E-state index is -1.04. The highest BCUT2D eigenvalue weighted by Gasteiger charge is 2.31. The minimum absolute atomic E-state index is 0.00213. The molecular weight excluding hydrogens is 329 g/mol. The van der Waals surface area contributed by atoms with E-state index < -0.39 is 29.9 Å². The molecule has 1 aliphatic heterocycles. The molecule has 2 aromatic rings. The van der Waals surface area contributed by atoms with Gasteiger partial charge in [0.1, 0.15) is 12.4 Å². The van der Waals surface area contributed by atoms with Gasteiger partial charge in [0.05, 0.1) is 0 Å². The van der Waals surface area contributed by atoms with Crippen molar-refractivity contribution in [1.82, 2.24) is 0 Å². The second kappa shape index (κ2) is 7.21. The van der Waals surface area contributed by atoms with Gasteiger partial charge in [-0.05, 0) is 43.3 Å². The van der Waals surface area contributed by atoms with Crippen LogP contribution in [0.15, 0.2) is 48.5 Å². The summed E-state index contributed by atoms with van der Waals surface area (Å²) < 4.78 is 29.0. The fourth-order valence-electron chi connectivity index (χ4n) is 2.22. The van der Waals surface area contributed by atoms with Crippen molar-refractivity contribution in [2.75, 3.05) is 11.9 Å². The van der Waals surface area contributed by atoms with Gasteiger partial charge in [-0.1, -0.05) is 12.1 Å². The summed E-state index contributed by atoms with van der Waals surface area (Å²) in [4.78, 5) is 24.2. The summed E-state index contributed by atoms with van der Waals surface area (Å²) in [5.74, 6) is -0.645. The van der Waals surface area contributed by atoms with Crippen molar-refractivity contribution in [2.24, 2.45) is 0 Å². The van der Waals surface area contributed by atoms with Crippen LogP contribution in [-0.4, -0.2) is 30.7 Å². The number of ether oxygens (including phenoxy) is 3. The second-order valence-electron chi connectivity index (χ2n) is 5.44. The first kappa shape index (κ1) is 16.8. The summed E-state index contributed by atoms with van der Waals surface area (Å²) in [5.41, 5.74) is 0.403. The number of rotatable bonds is 4. The highest BCUT2D eigenvalue weighted by atomic mass is 19.1. The molecule has 0 saturated carbocycles. The molecule has 1 aliphatic rings. The lowest BCUT2D eigenvalue weighted by atomic mass is 10.2. The van der Waals surface area contributed by atoms with E-state index in [2.05, 4.69) is 5.32 Å². The number of anilines is 1. The number of hydrogen-bond acceptors (Lipinski definition) is 5. The van der Waals surface area contributed by atoms with Crippen LogP contribution >= 0.6 is 0 Å². The van der Waals surface area contributed by atoms with Crippen LogP contribution in [0, 0.1) is 5.82 Å². The van der Waals surface area contributed by atoms with Crippen LogP contribution in [0.5, 0.6) is 11.5 Å². The third-order valence-electron chi connectivity index (χ3n) is 3.55. The summed E-state index contributed by atoms with van der Waals surface area (Å²) >= 11 is 0. The van der Waals surface area contributed by atoms with E-state index in [4.69, 9.17) is 14.2 Å². The van der Waals surface area contributed by atoms with Crippen molar-refractivity contribution in [3.8, 4) is 11.5 Å². The molecule has 0 radical (unpaired) electrons. The zero-order valence-electron chi connectivity index (χ0n) is 13.4. The van der Waals surface area contributed by atoms with Crippen LogP contribution in [0.4, 0.5) is 10.1 Å². The third kappa shape index (κ3) is 4.06. The molecule has 0 aromatic heterocycles. The molecule has 25 heavy (non-hydrogen) atoms. The Morgan fingerprint density at radius 1 is 1.16 bits per heavy atom. The summed E-state index contributed by atoms with van der Waals surface area (Å²) in [6, 6.07) is 12.2. The molecule has 7 heteroatoms. The minimum Gasteiger partial charge on any atom is -0.485 e. The predicted octanol–water partition coefficient (Wildman–Crippen LogP) is 2.54. The van der Waals surface area contributed by atoms with E-state index in [1.54, 1.807) is 24.3 Å². The van der Waals surface area contributed by atoms with Gasteiger partial charge in [0.2, 0.25) is 6.10 Å². The molecule has 0 spiro atoms. The van der Waals surface area contributed by atoms with Crippen LogP contribution in [0.25, 0.3) is 0 Å². The Morgan fingerprint density at radius 2 is 1.84 bits per heavy atom. The highest BCUT2D eigenvalue weighted by Crippen LogP contribution is 2.31. The summed E-state index contributed by atoms with van der Waals surface area (Å²) in [6.45, 7) is 1.44. The number of carbonyl (C=O) groups is 2. The van der Waals surface area contributed by atoms with Crippen LogP contribution in [-0.2, 0) is 14.3 Å². The van der Waals surface area contributed by atoms with Gasteiger partial charge in [-0.25, -0.2) is 9.18 Å². The van der Waals surface area contributed by atoms with E-state index in [1.165, 1.54) is 31.2 Å². The van der Waals surface area contributed by atoms with Crippen molar-refractivity contribution in [2.45, 2.75) is 19.1 Å². The smallest absolute Gasteiger partial charge is 0.351 e. The molecule has 130 valence electrons. The number of carbonyl (C=O) groups excluding carboxylic acids is 2. The molecule has 0 unspecified atom stereocenters. The Morgan fingerprint density at radius 3 is 2.56 bits per heavy atom. The van der Waals surface area contributed by atoms with E-state index in [-0.39, 0.29) is 6.61 Å². The zero-order valence-corrected chi connectivity index (χ0v) is 13.4. The number of hydrogen-bond donors (Lipinski definition) is 1. The standard InChI is InChI=1S/C18H16FNO5/c1-11(17(21)20-13-8-6-12(19)7-9-13)24-18(22)16-10-23-14-4-2-3-5-15(14)25-16/h2-9,11,16H,10H2,1H3,(H,20,21)/t11-,16-/m0/s1. The molecule has 6 nitrogen and oxygen atoms in total. The number of amides is 1. The number of benzene rings is 2. The lowest BCUT2D eigenvalue weighted by Crippen LogP contribution is -2.41. The van der Waals surface area contributed by atoms with E-state index in [0.717, 1.165) is 0 Å². The van der Waals surface area contributed by atoms with Crippen LogP contribution < -0.4 is 14.8 Å². The van der Waals surface area contributed by atoms with Gasteiger partial charge in [-0.15, -0.1) is 0 Å². The molecular formula is C18H16FNO5. The van der Waals surface area contributed by atoms with E-state index >= 15 is 0 Å². The molecule has 1 N–H and O–H groups in total. The molecule has 0 aliphatic carbocycles. The second-order valence-corrected chi connectivity index (χ2v) is 5.44. The van der Waals surface area contributed by atoms with Crippen molar-refractivity contribution in [3.05, 3.63) is 54.3 Å². The van der Waals surface area contributed by atoms with Crippen LogP contribution in [0.3, 0.4) is 0 Å². The third-order valence-corrected chi connectivity index (χ3v) is 3.55. The zero-order chi connectivity index (χ0) is 17.8. The van der Waals surface area contributed by atoms with E-state index in [9.17, 15) is 14.0 Å². The van der Waals surface area contributed by atoms with Crippen LogP contribution in [0.2, 0.25) is 0 Å². The lowest BCUT2D eigenvalue weighted by molar-refractivity contribution is -0.162.